The van der Waals surface area contributed by atoms with Crippen molar-refractivity contribution in [3.05, 3.63) is 11.7 Å². The molecule has 0 aromatic carbocycles. The van der Waals surface area contributed by atoms with Gasteiger partial charge in [-0.2, -0.15) is 4.98 Å². The monoisotopic (exact) mass is 320 g/mol. The van der Waals surface area contributed by atoms with Gasteiger partial charge < -0.3 is 14.5 Å². The van der Waals surface area contributed by atoms with Gasteiger partial charge in [0.05, 0.1) is 13.0 Å². The van der Waals surface area contributed by atoms with Gasteiger partial charge in [-0.1, -0.05) is 19.8 Å². The number of ether oxygens (including phenoxy) is 1. The molecular formula is C16H24N4O3. The van der Waals surface area contributed by atoms with Gasteiger partial charge in [-0.25, -0.2) is 9.97 Å². The van der Waals surface area contributed by atoms with Crippen LogP contribution in [-0.4, -0.2) is 33.6 Å². The van der Waals surface area contributed by atoms with Crippen LogP contribution in [0.1, 0.15) is 51.2 Å². The Balaban J connectivity index is 2.22. The molecule has 126 valence electrons. The number of carbonyl (C=O) groups is 1. The molecule has 1 N–H and O–H groups in total. The van der Waals surface area contributed by atoms with Crippen LogP contribution in [0.25, 0.3) is 11.2 Å². The van der Waals surface area contributed by atoms with Crippen LogP contribution in [0.5, 0.6) is 0 Å². The Kier molecular flexibility index (Phi) is 5.90. The lowest BCUT2D eigenvalue weighted by molar-refractivity contribution is -0.143. The lowest BCUT2D eigenvalue weighted by Gasteiger charge is -2.18. The molecule has 0 bridgehead atoms. The third kappa shape index (κ3) is 4.64. The molecule has 0 spiro atoms. The second kappa shape index (κ2) is 7.89. The molecule has 7 nitrogen and oxygen atoms in total. The minimum absolute atomic E-state index is 0.0523. The third-order valence-electron chi connectivity index (χ3n) is 3.44. The molecule has 0 radical (unpaired) electrons. The smallest absolute Gasteiger partial charge is 0.307 e. The van der Waals surface area contributed by atoms with E-state index in [4.69, 9.17) is 9.15 Å². The number of nitrogens with one attached hydrogen (secondary N) is 1. The van der Waals surface area contributed by atoms with Crippen LogP contribution in [0.4, 0.5) is 5.82 Å². The van der Waals surface area contributed by atoms with Crippen LogP contribution in [0.3, 0.4) is 0 Å². The van der Waals surface area contributed by atoms with E-state index in [1.807, 2.05) is 6.92 Å². The average Bonchev–Trinajstić information content (AvgIpc) is 2.85. The molecule has 0 saturated carbocycles. The standard InChI is InChI=1S/C16H24N4O3/c1-5-7-8-12(9-13(21)22-6-2)20-15-14-16(18-10(3)17-15)23-11(4)19-14/h12H,5-9H2,1-4H3,(H,17,18,20)/t12-/m0/s1. The van der Waals surface area contributed by atoms with Gasteiger partial charge >= 0.3 is 5.97 Å². The summed E-state index contributed by atoms with van der Waals surface area (Å²) in [6.07, 6.45) is 3.23. The van der Waals surface area contributed by atoms with Crippen molar-refractivity contribution in [1.29, 1.82) is 0 Å². The molecule has 23 heavy (non-hydrogen) atoms. The molecule has 0 fully saturated rings. The Hall–Kier alpha value is -2.18. The molecule has 0 aliphatic rings. The van der Waals surface area contributed by atoms with Crippen LogP contribution in [0.2, 0.25) is 0 Å². The number of rotatable bonds is 8. The van der Waals surface area contributed by atoms with Gasteiger partial charge in [0, 0.05) is 13.0 Å². The summed E-state index contributed by atoms with van der Waals surface area (Å²) in [6.45, 7) is 7.89. The Morgan fingerprint density at radius 1 is 1.26 bits per heavy atom. The van der Waals surface area contributed by atoms with Crippen molar-refractivity contribution in [3.8, 4) is 0 Å². The van der Waals surface area contributed by atoms with E-state index >= 15 is 0 Å². The lowest BCUT2D eigenvalue weighted by atomic mass is 10.1. The zero-order valence-corrected chi connectivity index (χ0v) is 14.2. The summed E-state index contributed by atoms with van der Waals surface area (Å²) in [5, 5.41) is 3.33. The van der Waals surface area contributed by atoms with Crippen LogP contribution < -0.4 is 5.32 Å². The van der Waals surface area contributed by atoms with Crippen LogP contribution >= 0.6 is 0 Å². The van der Waals surface area contributed by atoms with E-state index in [2.05, 4.69) is 27.2 Å². The van der Waals surface area contributed by atoms with Crippen molar-refractivity contribution >= 4 is 23.0 Å². The van der Waals surface area contributed by atoms with Gasteiger partial charge in [-0.05, 0) is 20.3 Å². The van der Waals surface area contributed by atoms with Crippen molar-refractivity contribution < 1.29 is 13.9 Å². The van der Waals surface area contributed by atoms with Crippen molar-refractivity contribution in [3.63, 3.8) is 0 Å². The van der Waals surface area contributed by atoms with E-state index in [-0.39, 0.29) is 12.0 Å². The number of aromatic nitrogens is 3. The Morgan fingerprint density at radius 2 is 2.04 bits per heavy atom. The molecule has 2 aromatic heterocycles. The molecule has 0 aliphatic carbocycles. The van der Waals surface area contributed by atoms with E-state index in [0.717, 1.165) is 19.3 Å². The van der Waals surface area contributed by atoms with Gasteiger partial charge in [0.25, 0.3) is 5.71 Å². The van der Waals surface area contributed by atoms with E-state index in [1.165, 1.54) is 0 Å². The molecule has 7 heteroatoms. The zero-order chi connectivity index (χ0) is 16.8. The van der Waals surface area contributed by atoms with Crippen molar-refractivity contribution in [2.24, 2.45) is 0 Å². The minimum Gasteiger partial charge on any atom is -0.466 e. The third-order valence-corrected chi connectivity index (χ3v) is 3.44. The summed E-state index contributed by atoms with van der Waals surface area (Å²) in [7, 11) is 0. The maximum atomic E-state index is 11.8. The largest absolute Gasteiger partial charge is 0.466 e. The normalized spacial score (nSPS) is 12.3. The first kappa shape index (κ1) is 17.2. The number of oxazole rings is 1. The van der Waals surface area contributed by atoms with Gasteiger partial charge in [0.2, 0.25) is 0 Å². The number of nitrogens with zero attached hydrogens (tertiary/aromatic N) is 3. The van der Waals surface area contributed by atoms with Gasteiger partial charge in [0.1, 0.15) is 5.82 Å². The molecular weight excluding hydrogens is 296 g/mol. The first-order chi connectivity index (χ1) is 11.0. The highest BCUT2D eigenvalue weighted by atomic mass is 16.5. The first-order valence-corrected chi connectivity index (χ1v) is 8.07. The summed E-state index contributed by atoms with van der Waals surface area (Å²) in [6, 6.07) is -0.0523. The van der Waals surface area contributed by atoms with Crippen molar-refractivity contribution in [1.82, 2.24) is 15.0 Å². The fourth-order valence-electron chi connectivity index (χ4n) is 2.42. The summed E-state index contributed by atoms with van der Waals surface area (Å²) in [4.78, 5) is 24.8. The maximum absolute atomic E-state index is 11.8. The first-order valence-electron chi connectivity index (χ1n) is 8.07. The summed E-state index contributed by atoms with van der Waals surface area (Å²) >= 11 is 0. The number of carbonyl (C=O) groups excluding carboxylic acids is 1. The summed E-state index contributed by atoms with van der Waals surface area (Å²) < 4.78 is 10.5. The Bertz CT molecular complexity index is 669. The molecule has 2 heterocycles. The number of unbranched alkanes of at least 4 members (excludes halogenated alkanes) is 1. The number of esters is 1. The maximum Gasteiger partial charge on any atom is 0.307 e. The van der Waals surface area contributed by atoms with Crippen LogP contribution in [-0.2, 0) is 9.53 Å². The number of anilines is 1. The zero-order valence-electron chi connectivity index (χ0n) is 14.2. The highest BCUT2D eigenvalue weighted by Gasteiger charge is 2.19. The average molecular weight is 320 g/mol. The van der Waals surface area contributed by atoms with E-state index in [9.17, 15) is 4.79 Å². The van der Waals surface area contributed by atoms with E-state index in [1.54, 1.807) is 13.8 Å². The quantitative estimate of drug-likeness (QED) is 0.747. The molecule has 0 aliphatic heterocycles. The van der Waals surface area contributed by atoms with Gasteiger partial charge in [-0.3, -0.25) is 4.79 Å². The van der Waals surface area contributed by atoms with Crippen LogP contribution in [0.15, 0.2) is 4.42 Å². The van der Waals surface area contributed by atoms with Crippen LogP contribution in [0, 0.1) is 13.8 Å². The molecule has 0 saturated heterocycles. The minimum atomic E-state index is -0.209. The predicted octanol–water partition coefficient (Wildman–Crippen LogP) is 3.16. The number of aryl methyl sites for hydroxylation is 2. The summed E-state index contributed by atoms with van der Waals surface area (Å²) in [5.41, 5.74) is 1.06. The summed E-state index contributed by atoms with van der Waals surface area (Å²) in [5.74, 6) is 1.54. The molecule has 0 amide bonds. The lowest BCUT2D eigenvalue weighted by Crippen LogP contribution is -2.25. The second-order valence-corrected chi connectivity index (χ2v) is 5.50. The van der Waals surface area contributed by atoms with Crippen molar-refractivity contribution in [2.75, 3.05) is 11.9 Å². The topological polar surface area (TPSA) is 90.1 Å². The molecule has 2 aromatic rings. The molecule has 1 atom stereocenters. The van der Waals surface area contributed by atoms with Gasteiger partial charge in [0.15, 0.2) is 17.2 Å². The van der Waals surface area contributed by atoms with Gasteiger partial charge in [-0.15, -0.1) is 0 Å². The highest BCUT2D eigenvalue weighted by Crippen LogP contribution is 2.22. The molecule has 2 rings (SSSR count). The predicted molar refractivity (Wildman–Crippen MR) is 87.3 cm³/mol. The fraction of sp³-hybridized carbons (Fsp3) is 0.625. The van der Waals surface area contributed by atoms with E-state index in [0.29, 0.717) is 41.8 Å². The number of hydrogen-bond donors (Lipinski definition) is 1. The van der Waals surface area contributed by atoms with Crippen molar-refractivity contribution in [2.45, 2.75) is 59.4 Å². The fourth-order valence-corrected chi connectivity index (χ4v) is 2.42. The molecule has 0 unspecified atom stereocenters. The Labute approximate surface area is 135 Å². The highest BCUT2D eigenvalue weighted by molar-refractivity contribution is 5.81. The second-order valence-electron chi connectivity index (χ2n) is 5.50. The van der Waals surface area contributed by atoms with E-state index < -0.39 is 0 Å². The number of hydrogen-bond acceptors (Lipinski definition) is 7. The SMILES string of the molecule is CCCC[C@@H](CC(=O)OCC)Nc1nc(C)nc2oc(C)nc12. The number of fused-ring (bicyclic) bond motifs is 1. The Morgan fingerprint density at radius 3 is 2.74 bits per heavy atom.